The van der Waals surface area contributed by atoms with E-state index in [0.717, 1.165) is 38.5 Å². The SMILES string of the molecule is O=c1c2cc3c(=O)n(-n4c(=O)c5cc6c(=O)n(C7CCCCC7)c(=O)c6cc5c4=O)c(=O)c3cc2c(=O)n1C1CCCCC1. The van der Waals surface area contributed by atoms with E-state index in [1.807, 2.05) is 0 Å². The molecule has 6 aromatic rings. The maximum absolute atomic E-state index is 13.6. The van der Waals surface area contributed by atoms with E-state index in [4.69, 9.17) is 0 Å². The highest BCUT2D eigenvalue weighted by Gasteiger charge is 2.28. The molecule has 2 aliphatic carbocycles. The van der Waals surface area contributed by atoms with Gasteiger partial charge in [-0.3, -0.25) is 47.5 Å². The van der Waals surface area contributed by atoms with Gasteiger partial charge >= 0.3 is 0 Å². The van der Waals surface area contributed by atoms with Crippen molar-refractivity contribution in [2.24, 2.45) is 0 Å². The highest BCUT2D eigenvalue weighted by Crippen LogP contribution is 2.28. The van der Waals surface area contributed by atoms with Crippen molar-refractivity contribution in [1.29, 1.82) is 0 Å². The van der Waals surface area contributed by atoms with Gasteiger partial charge in [-0.2, -0.15) is 9.35 Å². The second-order valence-electron chi connectivity index (χ2n) is 12.3. The number of hydrogen-bond acceptors (Lipinski definition) is 8. The molecule has 0 N–H and O–H groups in total. The molecular weight excluding hydrogens is 568 g/mol. The molecule has 2 saturated carbocycles. The zero-order chi connectivity index (χ0) is 30.6. The van der Waals surface area contributed by atoms with E-state index in [-0.39, 0.29) is 55.2 Å². The zero-order valence-electron chi connectivity index (χ0n) is 23.6. The Labute approximate surface area is 245 Å². The molecule has 0 atom stereocenters. The van der Waals surface area contributed by atoms with Crippen LogP contribution < -0.4 is 44.5 Å². The van der Waals surface area contributed by atoms with Crippen molar-refractivity contribution in [2.75, 3.05) is 0 Å². The number of benzene rings is 2. The fraction of sp³-hybridized carbons (Fsp3) is 0.375. The minimum atomic E-state index is -0.998. The van der Waals surface area contributed by atoms with Gasteiger partial charge in [-0.1, -0.05) is 38.5 Å². The Kier molecular flexibility index (Phi) is 5.59. The second kappa shape index (κ2) is 9.25. The number of aromatic nitrogens is 4. The summed E-state index contributed by atoms with van der Waals surface area (Å²) in [5.41, 5.74) is -6.14. The van der Waals surface area contributed by atoms with Crippen LogP contribution in [0.15, 0.2) is 62.6 Å². The fourth-order valence-corrected chi connectivity index (χ4v) is 7.66. The molecule has 12 nitrogen and oxygen atoms in total. The molecule has 2 fully saturated rings. The molecule has 4 aromatic heterocycles. The molecule has 0 bridgehead atoms. The van der Waals surface area contributed by atoms with E-state index in [1.165, 1.54) is 33.4 Å². The summed E-state index contributed by atoms with van der Waals surface area (Å²) >= 11 is 0. The molecule has 44 heavy (non-hydrogen) atoms. The van der Waals surface area contributed by atoms with Crippen LogP contribution in [0.2, 0.25) is 0 Å². The monoisotopic (exact) mass is 594 g/mol. The number of fused-ring (bicyclic) bond motifs is 4. The number of nitrogens with zero attached hydrogens (tertiary/aromatic N) is 4. The van der Waals surface area contributed by atoms with E-state index in [2.05, 4.69) is 0 Å². The Bertz CT molecular complexity index is 2300. The van der Waals surface area contributed by atoms with Gasteiger partial charge in [0.1, 0.15) is 0 Å². The van der Waals surface area contributed by atoms with Gasteiger partial charge in [0.2, 0.25) is 0 Å². The molecule has 12 heteroatoms. The quantitative estimate of drug-likeness (QED) is 0.298. The summed E-state index contributed by atoms with van der Waals surface area (Å²) in [6.45, 7) is 0. The minimum absolute atomic E-state index is 0.000606. The van der Waals surface area contributed by atoms with Crippen LogP contribution in [-0.4, -0.2) is 18.5 Å². The van der Waals surface area contributed by atoms with Crippen LogP contribution in [0.3, 0.4) is 0 Å². The molecule has 4 heterocycles. The molecular formula is C32H26N4O8. The van der Waals surface area contributed by atoms with Gasteiger partial charge in [-0.15, -0.1) is 0 Å². The van der Waals surface area contributed by atoms with E-state index in [0.29, 0.717) is 35.0 Å². The van der Waals surface area contributed by atoms with Crippen LogP contribution in [0.4, 0.5) is 0 Å². The van der Waals surface area contributed by atoms with Crippen molar-refractivity contribution in [3.8, 4) is 0 Å². The second-order valence-corrected chi connectivity index (χ2v) is 12.3. The van der Waals surface area contributed by atoms with Gasteiger partial charge in [-0.25, -0.2) is 0 Å². The third-order valence-corrected chi connectivity index (χ3v) is 9.88. The van der Waals surface area contributed by atoms with Crippen LogP contribution in [0.25, 0.3) is 43.1 Å². The lowest BCUT2D eigenvalue weighted by Gasteiger charge is -2.21. The molecule has 2 aromatic carbocycles. The molecule has 2 aliphatic rings. The summed E-state index contributed by atoms with van der Waals surface area (Å²) in [7, 11) is 0. The first-order valence-corrected chi connectivity index (χ1v) is 15.1. The van der Waals surface area contributed by atoms with Crippen LogP contribution in [0, 0.1) is 0 Å². The van der Waals surface area contributed by atoms with Gasteiger partial charge in [0.25, 0.3) is 44.5 Å². The number of hydrogen-bond donors (Lipinski definition) is 0. The van der Waals surface area contributed by atoms with Gasteiger partial charge in [-0.05, 0) is 49.9 Å². The smallest absolute Gasteiger partial charge is 0.271 e. The third-order valence-electron chi connectivity index (χ3n) is 9.88. The number of rotatable bonds is 3. The van der Waals surface area contributed by atoms with Crippen LogP contribution in [-0.2, 0) is 0 Å². The van der Waals surface area contributed by atoms with Crippen molar-refractivity contribution in [3.05, 3.63) is 107 Å². The van der Waals surface area contributed by atoms with E-state index >= 15 is 0 Å². The lowest BCUT2D eigenvalue weighted by atomic mass is 9.95. The summed E-state index contributed by atoms with van der Waals surface area (Å²) in [6.07, 6.45) is 8.39. The van der Waals surface area contributed by atoms with Gasteiger partial charge in [0.05, 0.1) is 43.1 Å². The van der Waals surface area contributed by atoms with Crippen LogP contribution in [0.1, 0.15) is 76.3 Å². The first-order valence-electron chi connectivity index (χ1n) is 15.1. The van der Waals surface area contributed by atoms with E-state index in [1.54, 1.807) is 0 Å². The minimum Gasteiger partial charge on any atom is -0.271 e. The summed E-state index contributed by atoms with van der Waals surface area (Å²) in [5.74, 6) is 0. The Morgan fingerprint density at radius 2 is 0.568 bits per heavy atom. The Morgan fingerprint density at radius 1 is 0.341 bits per heavy atom. The Morgan fingerprint density at radius 3 is 0.818 bits per heavy atom. The van der Waals surface area contributed by atoms with Gasteiger partial charge in [0, 0.05) is 12.1 Å². The average Bonchev–Trinajstić information content (AvgIpc) is 3.62. The van der Waals surface area contributed by atoms with Crippen molar-refractivity contribution in [2.45, 2.75) is 76.3 Å². The van der Waals surface area contributed by atoms with Crippen molar-refractivity contribution in [3.63, 3.8) is 0 Å². The summed E-state index contributed by atoms with van der Waals surface area (Å²) in [4.78, 5) is 107. The molecule has 0 radical (unpaired) electrons. The highest BCUT2D eigenvalue weighted by atomic mass is 16.2. The van der Waals surface area contributed by atoms with Gasteiger partial charge in [0.15, 0.2) is 0 Å². The molecule has 0 spiro atoms. The molecule has 8 rings (SSSR count). The molecule has 0 saturated heterocycles. The van der Waals surface area contributed by atoms with Crippen LogP contribution >= 0.6 is 0 Å². The van der Waals surface area contributed by atoms with Crippen LogP contribution in [0.5, 0.6) is 0 Å². The Balaban J connectivity index is 1.34. The maximum Gasteiger partial charge on any atom is 0.281 e. The van der Waals surface area contributed by atoms with Crippen molar-refractivity contribution < 1.29 is 0 Å². The topological polar surface area (TPSA) is 156 Å². The summed E-state index contributed by atoms with van der Waals surface area (Å²) in [5, 5.41) is -0.802. The molecule has 0 aliphatic heterocycles. The highest BCUT2D eigenvalue weighted by molar-refractivity contribution is 5.99. The van der Waals surface area contributed by atoms with E-state index < -0.39 is 44.5 Å². The fourth-order valence-electron chi connectivity index (χ4n) is 7.66. The first-order chi connectivity index (χ1) is 21.2. The summed E-state index contributed by atoms with van der Waals surface area (Å²) in [6, 6.07) is 4.27. The average molecular weight is 595 g/mol. The van der Waals surface area contributed by atoms with Gasteiger partial charge < -0.3 is 0 Å². The standard InChI is InChI=1S/C32H26N4O8/c37-25-17-11-21-22(12-18(17)26(38)33(25)15-7-3-1-4-8-15)30(42)35(29(21)41)36-31(43)23-13-19-20(14-24(23)32(36)44)28(40)34(27(19)39)16-9-5-2-6-10-16/h11-16H,1-10H2. The lowest BCUT2D eigenvalue weighted by molar-refractivity contribution is 0.344. The zero-order valence-corrected chi connectivity index (χ0v) is 23.6. The van der Waals surface area contributed by atoms with Crippen molar-refractivity contribution in [1.82, 2.24) is 18.5 Å². The molecule has 222 valence electrons. The van der Waals surface area contributed by atoms with E-state index in [9.17, 15) is 38.4 Å². The normalized spacial score (nSPS) is 17.2. The predicted octanol–water partition coefficient (Wildman–Crippen LogP) is 1.46. The van der Waals surface area contributed by atoms with Crippen molar-refractivity contribution >= 4 is 43.1 Å². The third kappa shape index (κ3) is 3.39. The molecule has 0 amide bonds. The molecule has 0 unspecified atom stereocenters. The first kappa shape index (κ1) is 26.6. The largest absolute Gasteiger partial charge is 0.281 e. The summed E-state index contributed by atoms with van der Waals surface area (Å²) < 4.78 is 3.24. The Hall–Kier alpha value is -5.00. The lowest BCUT2D eigenvalue weighted by Crippen LogP contribution is -2.42. The maximum atomic E-state index is 13.6. The predicted molar refractivity (Wildman–Crippen MR) is 165 cm³/mol.